The van der Waals surface area contributed by atoms with E-state index in [4.69, 9.17) is 0 Å². The van der Waals surface area contributed by atoms with E-state index < -0.39 is 0 Å². The Balaban J connectivity index is 1.80. The van der Waals surface area contributed by atoms with Crippen LogP contribution < -0.4 is 5.32 Å². The molecule has 1 heterocycles. The number of hydrogen-bond acceptors (Lipinski definition) is 2. The molecule has 0 amide bonds. The molecule has 1 aromatic carbocycles. The second-order valence-corrected chi connectivity index (χ2v) is 6.94. The third-order valence-electron chi connectivity index (χ3n) is 5.37. The van der Waals surface area contributed by atoms with Gasteiger partial charge in [-0.3, -0.25) is 4.90 Å². The van der Waals surface area contributed by atoms with Gasteiger partial charge in [0.25, 0.3) is 0 Å². The van der Waals surface area contributed by atoms with Crippen LogP contribution in [0.2, 0.25) is 0 Å². The summed E-state index contributed by atoms with van der Waals surface area (Å²) in [6, 6.07) is 5.97. The topological polar surface area (TPSA) is 15.3 Å². The van der Waals surface area contributed by atoms with E-state index in [1.165, 1.54) is 54.6 Å². The van der Waals surface area contributed by atoms with Crippen LogP contribution in [-0.2, 0) is 0 Å². The lowest BCUT2D eigenvalue weighted by Crippen LogP contribution is -2.39. The summed E-state index contributed by atoms with van der Waals surface area (Å²) in [5.41, 5.74) is 5.76. The van der Waals surface area contributed by atoms with Gasteiger partial charge in [-0.25, -0.2) is 0 Å². The number of benzene rings is 1. The third-order valence-corrected chi connectivity index (χ3v) is 5.37. The van der Waals surface area contributed by atoms with E-state index in [0.29, 0.717) is 6.04 Å². The first kappa shape index (κ1) is 14.1. The summed E-state index contributed by atoms with van der Waals surface area (Å²) in [5.74, 6) is 0.984. The molecule has 3 rings (SSSR count). The molecule has 2 fully saturated rings. The fourth-order valence-electron chi connectivity index (χ4n) is 4.55. The van der Waals surface area contributed by atoms with Gasteiger partial charge in [0, 0.05) is 25.2 Å². The van der Waals surface area contributed by atoms with Gasteiger partial charge >= 0.3 is 0 Å². The summed E-state index contributed by atoms with van der Waals surface area (Å²) in [4.78, 5) is 2.73. The number of nitrogens with one attached hydrogen (secondary N) is 1. The van der Waals surface area contributed by atoms with Gasteiger partial charge in [-0.05, 0) is 69.7 Å². The van der Waals surface area contributed by atoms with Gasteiger partial charge in [0.15, 0.2) is 0 Å². The standard InChI is InChI=1S/C18H28N2/c1-12-7-13(2)18(14(3)8-12)17(19-4)11-20-10-15-5-6-16(20)9-15/h7-8,15-17,19H,5-6,9-11H2,1-4H3. The molecule has 2 heteroatoms. The van der Waals surface area contributed by atoms with Crippen molar-refractivity contribution in [2.24, 2.45) is 5.92 Å². The van der Waals surface area contributed by atoms with Gasteiger partial charge in [0.2, 0.25) is 0 Å². The molecule has 0 radical (unpaired) electrons. The summed E-state index contributed by atoms with van der Waals surface area (Å²) < 4.78 is 0. The molecule has 1 saturated heterocycles. The highest BCUT2D eigenvalue weighted by molar-refractivity contribution is 5.39. The molecule has 0 spiro atoms. The smallest absolute Gasteiger partial charge is 0.0452 e. The van der Waals surface area contributed by atoms with Crippen LogP contribution in [0.3, 0.4) is 0 Å². The largest absolute Gasteiger partial charge is 0.312 e. The van der Waals surface area contributed by atoms with Crippen molar-refractivity contribution in [3.63, 3.8) is 0 Å². The quantitative estimate of drug-likeness (QED) is 0.904. The molecular formula is C18H28N2. The Bertz CT molecular complexity index is 471. The van der Waals surface area contributed by atoms with Crippen molar-refractivity contribution in [1.82, 2.24) is 10.2 Å². The molecule has 1 N–H and O–H groups in total. The van der Waals surface area contributed by atoms with Crippen molar-refractivity contribution in [2.45, 2.75) is 52.1 Å². The van der Waals surface area contributed by atoms with E-state index in [1.54, 1.807) is 0 Å². The van der Waals surface area contributed by atoms with Gasteiger partial charge in [-0.15, -0.1) is 0 Å². The molecule has 2 nitrogen and oxygen atoms in total. The maximum Gasteiger partial charge on any atom is 0.0452 e. The predicted molar refractivity (Wildman–Crippen MR) is 85.2 cm³/mol. The number of likely N-dealkylation sites (tertiary alicyclic amines) is 1. The Kier molecular flexibility index (Phi) is 3.87. The number of nitrogens with zero attached hydrogens (tertiary/aromatic N) is 1. The zero-order chi connectivity index (χ0) is 14.3. The fraction of sp³-hybridized carbons (Fsp3) is 0.667. The summed E-state index contributed by atoms with van der Waals surface area (Å²) in [6.07, 6.45) is 4.34. The zero-order valence-electron chi connectivity index (χ0n) is 13.4. The number of rotatable bonds is 4. The number of hydrogen-bond donors (Lipinski definition) is 1. The first-order valence-corrected chi connectivity index (χ1v) is 8.07. The normalized spacial score (nSPS) is 27.2. The van der Waals surface area contributed by atoms with Crippen LogP contribution >= 0.6 is 0 Å². The van der Waals surface area contributed by atoms with E-state index in [1.807, 2.05) is 0 Å². The molecule has 2 bridgehead atoms. The Morgan fingerprint density at radius 3 is 2.40 bits per heavy atom. The lowest BCUT2D eigenvalue weighted by molar-refractivity contribution is 0.193. The van der Waals surface area contributed by atoms with E-state index in [-0.39, 0.29) is 0 Å². The first-order valence-electron chi connectivity index (χ1n) is 8.07. The molecule has 0 aromatic heterocycles. The minimum atomic E-state index is 0.468. The molecular weight excluding hydrogens is 244 g/mol. The van der Waals surface area contributed by atoms with Crippen LogP contribution in [0, 0.1) is 26.7 Å². The maximum absolute atomic E-state index is 3.56. The summed E-state index contributed by atoms with van der Waals surface area (Å²) in [6.45, 7) is 9.21. The number of piperidine rings is 1. The van der Waals surface area contributed by atoms with E-state index in [9.17, 15) is 0 Å². The number of likely N-dealkylation sites (N-methyl/N-ethyl adjacent to an activating group) is 1. The molecule has 3 unspecified atom stereocenters. The average molecular weight is 272 g/mol. The van der Waals surface area contributed by atoms with Gasteiger partial charge in [-0.1, -0.05) is 17.7 Å². The van der Waals surface area contributed by atoms with Gasteiger partial charge in [-0.2, -0.15) is 0 Å². The summed E-state index contributed by atoms with van der Waals surface area (Å²) >= 11 is 0. The highest BCUT2D eigenvalue weighted by atomic mass is 15.2. The van der Waals surface area contributed by atoms with Crippen LogP contribution in [0.5, 0.6) is 0 Å². The van der Waals surface area contributed by atoms with Crippen molar-refractivity contribution in [3.8, 4) is 0 Å². The molecule has 3 atom stereocenters. The molecule has 20 heavy (non-hydrogen) atoms. The van der Waals surface area contributed by atoms with E-state index >= 15 is 0 Å². The Labute approximate surface area is 123 Å². The van der Waals surface area contributed by atoms with Crippen molar-refractivity contribution < 1.29 is 0 Å². The van der Waals surface area contributed by atoms with Gasteiger partial charge in [0.1, 0.15) is 0 Å². The zero-order valence-corrected chi connectivity index (χ0v) is 13.4. The predicted octanol–water partition coefficient (Wildman–Crippen LogP) is 3.36. The number of aryl methyl sites for hydroxylation is 3. The van der Waals surface area contributed by atoms with Crippen LogP contribution in [0.4, 0.5) is 0 Å². The Morgan fingerprint density at radius 1 is 1.20 bits per heavy atom. The van der Waals surface area contributed by atoms with Crippen LogP contribution in [0.15, 0.2) is 12.1 Å². The first-order chi connectivity index (χ1) is 9.58. The molecule has 1 aliphatic heterocycles. The Hall–Kier alpha value is -0.860. The molecule has 1 saturated carbocycles. The minimum absolute atomic E-state index is 0.468. The van der Waals surface area contributed by atoms with Crippen molar-refractivity contribution in [3.05, 3.63) is 34.4 Å². The SMILES string of the molecule is CNC(CN1CC2CCC1C2)c1c(C)cc(C)cc1C. The number of fused-ring (bicyclic) bond motifs is 2. The maximum atomic E-state index is 3.56. The van der Waals surface area contributed by atoms with E-state index in [0.717, 1.165) is 12.0 Å². The van der Waals surface area contributed by atoms with Crippen LogP contribution in [0.25, 0.3) is 0 Å². The van der Waals surface area contributed by atoms with Crippen LogP contribution in [0.1, 0.15) is 47.6 Å². The Morgan fingerprint density at radius 2 is 1.90 bits per heavy atom. The van der Waals surface area contributed by atoms with Crippen molar-refractivity contribution in [1.29, 1.82) is 0 Å². The molecule has 110 valence electrons. The molecule has 1 aliphatic carbocycles. The second kappa shape index (κ2) is 5.50. The average Bonchev–Trinajstić information content (AvgIpc) is 2.98. The van der Waals surface area contributed by atoms with Gasteiger partial charge < -0.3 is 5.32 Å². The second-order valence-electron chi connectivity index (χ2n) is 6.94. The monoisotopic (exact) mass is 272 g/mol. The van der Waals surface area contributed by atoms with Gasteiger partial charge in [0.05, 0.1) is 0 Å². The molecule has 2 aliphatic rings. The summed E-state index contributed by atoms with van der Waals surface area (Å²) in [7, 11) is 2.11. The fourth-order valence-corrected chi connectivity index (χ4v) is 4.55. The minimum Gasteiger partial charge on any atom is -0.312 e. The summed E-state index contributed by atoms with van der Waals surface area (Å²) in [5, 5.41) is 3.56. The third kappa shape index (κ3) is 2.51. The van der Waals surface area contributed by atoms with Crippen molar-refractivity contribution >= 4 is 0 Å². The van der Waals surface area contributed by atoms with E-state index in [2.05, 4.69) is 50.2 Å². The highest BCUT2D eigenvalue weighted by Crippen LogP contribution is 2.38. The van der Waals surface area contributed by atoms with Crippen molar-refractivity contribution in [2.75, 3.05) is 20.1 Å². The van der Waals surface area contributed by atoms with Crippen LogP contribution in [-0.4, -0.2) is 31.1 Å². The lowest BCUT2D eigenvalue weighted by atomic mass is 9.93. The lowest BCUT2D eigenvalue weighted by Gasteiger charge is -2.32. The highest BCUT2D eigenvalue weighted by Gasteiger charge is 2.38. The molecule has 1 aromatic rings.